The summed E-state index contributed by atoms with van der Waals surface area (Å²) in [6, 6.07) is 12.6. The van der Waals surface area contributed by atoms with Crippen LogP contribution in [0.5, 0.6) is 5.75 Å². The summed E-state index contributed by atoms with van der Waals surface area (Å²) in [7, 11) is 1.61. The number of nitrogens with zero attached hydrogens (tertiary/aromatic N) is 1. The molecule has 0 heterocycles. The molecule has 2 rings (SSSR count). The molecule has 0 bridgehead atoms. The highest BCUT2D eigenvalue weighted by molar-refractivity contribution is 6.03. The quantitative estimate of drug-likeness (QED) is 0.799. The Morgan fingerprint density at radius 2 is 1.94 bits per heavy atom. The van der Waals surface area contributed by atoms with E-state index < -0.39 is 5.91 Å². The van der Waals surface area contributed by atoms with Crippen LogP contribution in [0.15, 0.2) is 36.4 Å². The van der Waals surface area contributed by atoms with Gasteiger partial charge in [-0.05, 0) is 35.0 Å². The Kier molecular flexibility index (Phi) is 2.93. The summed E-state index contributed by atoms with van der Waals surface area (Å²) in [6.07, 6.45) is 0. The molecule has 17 heavy (non-hydrogen) atoms. The number of carbonyl (C=O) groups is 1. The van der Waals surface area contributed by atoms with E-state index >= 15 is 0 Å². The highest BCUT2D eigenvalue weighted by Crippen LogP contribution is 2.23. The molecule has 4 nitrogen and oxygen atoms in total. The van der Waals surface area contributed by atoms with Gasteiger partial charge in [0.25, 0.3) is 0 Å². The smallest absolute Gasteiger partial charge is 0.326 e. The fraction of sp³-hybridized carbons (Fsp3) is 0.0769. The van der Waals surface area contributed by atoms with Crippen LogP contribution in [0, 0.1) is 11.3 Å². The van der Waals surface area contributed by atoms with Gasteiger partial charge in [-0.2, -0.15) is 5.26 Å². The van der Waals surface area contributed by atoms with Crippen molar-refractivity contribution in [2.45, 2.75) is 0 Å². The Balaban J connectivity index is 2.38. The molecule has 0 saturated heterocycles. The second kappa shape index (κ2) is 4.54. The Morgan fingerprint density at radius 1 is 1.24 bits per heavy atom. The molecule has 1 amide bonds. The van der Waals surface area contributed by atoms with Crippen LogP contribution in [0.4, 0.5) is 5.69 Å². The van der Waals surface area contributed by atoms with E-state index in [2.05, 4.69) is 5.32 Å². The number of nitrogens with one attached hydrogen (secondary N) is 1. The van der Waals surface area contributed by atoms with Gasteiger partial charge in [0, 0.05) is 5.69 Å². The molecular formula is C13H10N2O2. The second-order valence-corrected chi connectivity index (χ2v) is 3.49. The fourth-order valence-corrected chi connectivity index (χ4v) is 1.59. The van der Waals surface area contributed by atoms with Crippen molar-refractivity contribution in [3.8, 4) is 11.8 Å². The van der Waals surface area contributed by atoms with Gasteiger partial charge in [0.2, 0.25) is 0 Å². The van der Waals surface area contributed by atoms with Crippen LogP contribution in [0.3, 0.4) is 0 Å². The van der Waals surface area contributed by atoms with Gasteiger partial charge in [-0.15, -0.1) is 0 Å². The first-order chi connectivity index (χ1) is 8.22. The number of ether oxygens (including phenoxy) is 1. The number of hydrogen-bond acceptors (Lipinski definition) is 3. The van der Waals surface area contributed by atoms with Crippen LogP contribution < -0.4 is 10.1 Å². The van der Waals surface area contributed by atoms with Gasteiger partial charge in [-0.3, -0.25) is 4.79 Å². The minimum Gasteiger partial charge on any atom is -0.497 e. The van der Waals surface area contributed by atoms with E-state index in [1.807, 2.05) is 30.3 Å². The third kappa shape index (κ3) is 2.34. The molecule has 0 radical (unpaired) electrons. The van der Waals surface area contributed by atoms with Crippen LogP contribution in [-0.2, 0) is 4.79 Å². The topological polar surface area (TPSA) is 62.1 Å². The predicted octanol–water partition coefficient (Wildman–Crippen LogP) is 2.31. The zero-order chi connectivity index (χ0) is 12.3. The van der Waals surface area contributed by atoms with E-state index in [9.17, 15) is 4.79 Å². The second-order valence-electron chi connectivity index (χ2n) is 3.49. The van der Waals surface area contributed by atoms with Crippen molar-refractivity contribution in [2.24, 2.45) is 0 Å². The molecule has 1 N–H and O–H groups in total. The lowest BCUT2D eigenvalue weighted by atomic mass is 10.1. The lowest BCUT2D eigenvalue weighted by molar-refractivity contribution is -0.111. The van der Waals surface area contributed by atoms with E-state index in [0.29, 0.717) is 5.69 Å². The third-order valence-corrected chi connectivity index (χ3v) is 2.41. The molecule has 0 atom stereocenters. The van der Waals surface area contributed by atoms with Crippen molar-refractivity contribution in [3.63, 3.8) is 0 Å². The van der Waals surface area contributed by atoms with Crippen LogP contribution in [0.25, 0.3) is 10.8 Å². The van der Waals surface area contributed by atoms with Crippen LogP contribution in [0.2, 0.25) is 0 Å². The molecule has 84 valence electrons. The van der Waals surface area contributed by atoms with Crippen LogP contribution >= 0.6 is 0 Å². The van der Waals surface area contributed by atoms with E-state index in [1.165, 1.54) is 6.07 Å². The summed E-state index contributed by atoms with van der Waals surface area (Å²) in [5.74, 6) is 0.115. The van der Waals surface area contributed by atoms with E-state index in [1.54, 1.807) is 13.2 Å². The van der Waals surface area contributed by atoms with Crippen molar-refractivity contribution < 1.29 is 9.53 Å². The monoisotopic (exact) mass is 226 g/mol. The summed E-state index contributed by atoms with van der Waals surface area (Å²) in [6.45, 7) is 0. The molecule has 0 saturated carbocycles. The molecule has 0 unspecified atom stereocenters. The number of rotatable bonds is 2. The van der Waals surface area contributed by atoms with Crippen molar-refractivity contribution in [1.82, 2.24) is 0 Å². The normalized spacial score (nSPS) is 9.65. The zero-order valence-corrected chi connectivity index (χ0v) is 9.23. The summed E-state index contributed by atoms with van der Waals surface area (Å²) >= 11 is 0. The summed E-state index contributed by atoms with van der Waals surface area (Å²) < 4.78 is 5.12. The number of benzene rings is 2. The molecule has 0 aliphatic carbocycles. The van der Waals surface area contributed by atoms with Gasteiger partial charge in [-0.1, -0.05) is 12.1 Å². The Bertz CT molecular complexity index is 614. The van der Waals surface area contributed by atoms with Gasteiger partial charge < -0.3 is 10.1 Å². The first-order valence-electron chi connectivity index (χ1n) is 5.02. The van der Waals surface area contributed by atoms with Gasteiger partial charge in [0.1, 0.15) is 5.75 Å². The van der Waals surface area contributed by atoms with Crippen LogP contribution in [0.1, 0.15) is 0 Å². The van der Waals surface area contributed by atoms with Crippen molar-refractivity contribution in [2.75, 3.05) is 12.4 Å². The number of hydrogen-bond donors (Lipinski definition) is 1. The maximum Gasteiger partial charge on any atom is 0.326 e. The molecule has 0 aromatic heterocycles. The van der Waals surface area contributed by atoms with Gasteiger partial charge in [0.15, 0.2) is 6.07 Å². The summed E-state index contributed by atoms with van der Waals surface area (Å²) in [5, 5.41) is 12.9. The van der Waals surface area contributed by atoms with Gasteiger partial charge in [0.05, 0.1) is 7.11 Å². The highest BCUT2D eigenvalue weighted by atomic mass is 16.5. The summed E-state index contributed by atoms with van der Waals surface area (Å²) in [5.41, 5.74) is 0.606. The molecule has 0 spiro atoms. The molecule has 0 aliphatic rings. The number of fused-ring (bicyclic) bond motifs is 1. The maximum absolute atomic E-state index is 10.9. The van der Waals surface area contributed by atoms with Crippen molar-refractivity contribution in [1.29, 1.82) is 5.26 Å². The van der Waals surface area contributed by atoms with E-state index in [-0.39, 0.29) is 0 Å². The highest BCUT2D eigenvalue weighted by Gasteiger charge is 2.01. The Morgan fingerprint density at radius 3 is 2.65 bits per heavy atom. The first-order valence-corrected chi connectivity index (χ1v) is 5.02. The minimum atomic E-state index is -0.669. The third-order valence-electron chi connectivity index (χ3n) is 2.41. The van der Waals surface area contributed by atoms with Crippen molar-refractivity contribution >= 4 is 22.4 Å². The lowest BCUT2D eigenvalue weighted by Gasteiger charge is -2.05. The first kappa shape index (κ1) is 11.0. The Hall–Kier alpha value is -2.54. The van der Waals surface area contributed by atoms with Gasteiger partial charge >= 0.3 is 5.91 Å². The Labute approximate surface area is 98.4 Å². The average Bonchev–Trinajstić information content (AvgIpc) is 2.38. The molecule has 2 aromatic carbocycles. The number of amides is 1. The number of carbonyl (C=O) groups excluding carboxylic acids is 1. The maximum atomic E-state index is 10.9. The number of nitriles is 1. The van der Waals surface area contributed by atoms with E-state index in [0.717, 1.165) is 16.5 Å². The SMILES string of the molecule is COc1ccc2cc(NC(=O)C#N)ccc2c1. The van der Waals surface area contributed by atoms with Crippen molar-refractivity contribution in [3.05, 3.63) is 36.4 Å². The van der Waals surface area contributed by atoms with E-state index in [4.69, 9.17) is 10.00 Å². The number of methoxy groups -OCH3 is 1. The van der Waals surface area contributed by atoms with Gasteiger partial charge in [-0.25, -0.2) is 0 Å². The fourth-order valence-electron chi connectivity index (χ4n) is 1.59. The lowest BCUT2D eigenvalue weighted by Crippen LogP contribution is -2.07. The number of anilines is 1. The summed E-state index contributed by atoms with van der Waals surface area (Å²) in [4.78, 5) is 10.9. The zero-order valence-electron chi connectivity index (χ0n) is 9.23. The largest absolute Gasteiger partial charge is 0.497 e. The van der Waals surface area contributed by atoms with Crippen LogP contribution in [-0.4, -0.2) is 13.0 Å². The standard InChI is InChI=1S/C13H10N2O2/c1-17-12-5-3-9-6-11(15-13(16)8-14)4-2-10(9)7-12/h2-7H,1H3,(H,15,16). The minimum absolute atomic E-state index is 0.606. The molecule has 4 heteroatoms. The molecule has 0 fully saturated rings. The molecular weight excluding hydrogens is 216 g/mol. The molecule has 2 aromatic rings. The molecule has 0 aliphatic heterocycles. The average molecular weight is 226 g/mol. The predicted molar refractivity (Wildman–Crippen MR) is 64.7 cm³/mol.